The summed E-state index contributed by atoms with van der Waals surface area (Å²) in [6.45, 7) is 0.177. The second-order valence-electron chi connectivity index (χ2n) is 9.25. The van der Waals surface area contributed by atoms with Gasteiger partial charge in [-0.05, 0) is 74.9 Å². The van der Waals surface area contributed by atoms with E-state index in [0.29, 0.717) is 0 Å². The minimum Gasteiger partial charge on any atom is -0.485 e. The molecule has 0 unspecified atom stereocenters. The molecule has 4 aromatic rings. The first-order valence-corrected chi connectivity index (χ1v) is 11.2. The highest BCUT2D eigenvalue weighted by atomic mass is 16.5. The van der Waals surface area contributed by atoms with E-state index in [-0.39, 0.29) is 18.8 Å². The Hall–Kier alpha value is -2.83. The molecule has 31 heavy (non-hydrogen) atoms. The lowest BCUT2D eigenvalue weighted by Gasteiger charge is -2.42. The summed E-state index contributed by atoms with van der Waals surface area (Å²) in [5.41, 5.74) is 3.35. The van der Waals surface area contributed by atoms with Crippen molar-refractivity contribution in [2.24, 2.45) is 0 Å². The molecule has 0 saturated heterocycles. The van der Waals surface area contributed by atoms with Crippen molar-refractivity contribution in [2.45, 2.75) is 49.7 Å². The third-order valence-corrected chi connectivity index (χ3v) is 7.43. The molecule has 0 spiro atoms. The van der Waals surface area contributed by atoms with E-state index in [1.54, 1.807) is 6.20 Å². The molecule has 3 aromatic heterocycles. The molecule has 3 heterocycles. The van der Waals surface area contributed by atoms with Crippen molar-refractivity contribution in [3.63, 3.8) is 0 Å². The van der Waals surface area contributed by atoms with Crippen molar-refractivity contribution in [2.75, 3.05) is 13.2 Å². The highest BCUT2D eigenvalue weighted by Gasteiger charge is 2.40. The van der Waals surface area contributed by atoms with Crippen molar-refractivity contribution in [1.29, 1.82) is 0 Å². The lowest BCUT2D eigenvalue weighted by atomic mass is 9.77. The summed E-state index contributed by atoms with van der Waals surface area (Å²) < 4.78 is 8.53. The fraction of sp³-hybridized carbons (Fsp3) is 0.400. The van der Waals surface area contributed by atoms with Gasteiger partial charge in [0.25, 0.3) is 0 Å². The summed E-state index contributed by atoms with van der Waals surface area (Å²) in [4.78, 5) is 7.90. The standard InChI is InChI=1S/C25H27N3O3/c29-15-24(7-2-8-24)28-14-20(21-12-17-4-1-11-26-23(17)27-21)19-13-18(5-6-22(19)28)31-25(16-30)9-3-10-25/h1,4-6,11-14,29-30H,2-3,7-10,15-16H2,(H,26,27). The van der Waals surface area contributed by atoms with Crippen molar-refractivity contribution in [1.82, 2.24) is 14.5 Å². The molecule has 0 atom stereocenters. The Morgan fingerprint density at radius 3 is 2.52 bits per heavy atom. The SMILES string of the molecule is OCC1(Oc2ccc3c(c2)c(-c2cc4cccnc4[nH]2)cn3C2(CO)CCC2)CCC1. The van der Waals surface area contributed by atoms with Crippen LogP contribution in [0.25, 0.3) is 33.2 Å². The van der Waals surface area contributed by atoms with E-state index in [9.17, 15) is 10.2 Å². The Kier molecular flexibility index (Phi) is 4.17. The minimum absolute atomic E-state index is 0.0419. The molecule has 6 rings (SSSR count). The summed E-state index contributed by atoms with van der Waals surface area (Å²) in [7, 11) is 0. The number of nitrogens with zero attached hydrogens (tertiary/aromatic N) is 2. The highest BCUT2D eigenvalue weighted by Crippen LogP contribution is 2.45. The summed E-state index contributed by atoms with van der Waals surface area (Å²) in [5.74, 6) is 0.779. The van der Waals surface area contributed by atoms with Crippen molar-refractivity contribution < 1.29 is 14.9 Å². The molecule has 1 aromatic carbocycles. The number of rotatable bonds is 6. The molecule has 2 fully saturated rings. The molecule has 2 aliphatic rings. The number of fused-ring (bicyclic) bond motifs is 2. The average molecular weight is 418 g/mol. The van der Waals surface area contributed by atoms with Crippen LogP contribution in [0.5, 0.6) is 5.75 Å². The molecule has 0 amide bonds. The molecule has 160 valence electrons. The molecule has 2 saturated carbocycles. The van der Waals surface area contributed by atoms with E-state index in [1.165, 1.54) is 0 Å². The van der Waals surface area contributed by atoms with Crippen LogP contribution >= 0.6 is 0 Å². The van der Waals surface area contributed by atoms with Crippen LogP contribution in [0.1, 0.15) is 38.5 Å². The normalized spacial score (nSPS) is 19.3. The number of hydrogen-bond donors (Lipinski definition) is 3. The van der Waals surface area contributed by atoms with Crippen LogP contribution in [0.3, 0.4) is 0 Å². The number of ether oxygens (including phenoxy) is 1. The average Bonchev–Trinajstić information content (AvgIpc) is 3.32. The van der Waals surface area contributed by atoms with E-state index < -0.39 is 5.60 Å². The smallest absolute Gasteiger partial charge is 0.137 e. The van der Waals surface area contributed by atoms with Crippen LogP contribution in [-0.4, -0.2) is 43.6 Å². The molecule has 6 heteroatoms. The van der Waals surface area contributed by atoms with Gasteiger partial charge in [-0.2, -0.15) is 0 Å². The van der Waals surface area contributed by atoms with Crippen LogP contribution in [0.4, 0.5) is 0 Å². The number of aliphatic hydroxyl groups is 2. The van der Waals surface area contributed by atoms with Crippen molar-refractivity contribution in [3.05, 3.63) is 48.8 Å². The predicted octanol–water partition coefficient (Wildman–Crippen LogP) is 4.35. The maximum atomic E-state index is 10.2. The molecule has 2 aliphatic carbocycles. The molecule has 6 nitrogen and oxygen atoms in total. The van der Waals surface area contributed by atoms with Gasteiger partial charge in [-0.3, -0.25) is 0 Å². The molecule has 0 bridgehead atoms. The van der Waals surface area contributed by atoms with Gasteiger partial charge < -0.3 is 24.5 Å². The summed E-state index contributed by atoms with van der Waals surface area (Å²) in [6, 6.07) is 12.3. The molecular weight excluding hydrogens is 390 g/mol. The Bertz CT molecular complexity index is 1220. The van der Waals surface area contributed by atoms with Gasteiger partial charge in [-0.1, -0.05) is 0 Å². The Morgan fingerprint density at radius 1 is 1.03 bits per heavy atom. The lowest BCUT2D eigenvalue weighted by Crippen LogP contribution is -2.46. The van der Waals surface area contributed by atoms with E-state index in [0.717, 1.165) is 77.5 Å². The van der Waals surface area contributed by atoms with Crippen molar-refractivity contribution in [3.8, 4) is 17.0 Å². The quantitative estimate of drug-likeness (QED) is 0.436. The highest BCUT2D eigenvalue weighted by molar-refractivity contribution is 5.98. The van der Waals surface area contributed by atoms with Crippen molar-refractivity contribution >= 4 is 21.9 Å². The lowest BCUT2D eigenvalue weighted by molar-refractivity contribution is -0.0514. The first-order chi connectivity index (χ1) is 15.2. The monoisotopic (exact) mass is 417 g/mol. The third-order valence-electron chi connectivity index (χ3n) is 7.43. The fourth-order valence-corrected chi connectivity index (χ4v) is 5.16. The second-order valence-corrected chi connectivity index (χ2v) is 9.25. The molecule has 3 N–H and O–H groups in total. The zero-order valence-corrected chi connectivity index (χ0v) is 17.5. The number of aromatic amines is 1. The first-order valence-electron chi connectivity index (χ1n) is 11.2. The number of pyridine rings is 1. The van der Waals surface area contributed by atoms with Crippen LogP contribution in [0.15, 0.2) is 48.8 Å². The zero-order chi connectivity index (χ0) is 21.1. The number of aliphatic hydroxyl groups excluding tert-OH is 2. The van der Waals surface area contributed by atoms with E-state index >= 15 is 0 Å². The number of nitrogens with one attached hydrogen (secondary N) is 1. The molecule has 0 radical (unpaired) electrons. The number of benzene rings is 1. The summed E-state index contributed by atoms with van der Waals surface area (Å²) in [6.07, 6.45) is 9.91. The van der Waals surface area contributed by atoms with Crippen LogP contribution in [-0.2, 0) is 5.54 Å². The van der Waals surface area contributed by atoms with Crippen LogP contribution in [0.2, 0.25) is 0 Å². The molecular formula is C25H27N3O3. The van der Waals surface area contributed by atoms with Gasteiger partial charge in [0.15, 0.2) is 0 Å². The minimum atomic E-state index is -0.443. The van der Waals surface area contributed by atoms with E-state index in [2.05, 4.69) is 45.0 Å². The maximum absolute atomic E-state index is 10.2. The van der Waals surface area contributed by atoms with Gasteiger partial charge in [0.05, 0.1) is 18.8 Å². The number of H-pyrrole nitrogens is 1. The molecule has 0 aliphatic heterocycles. The second kappa shape index (κ2) is 6.84. The van der Waals surface area contributed by atoms with Gasteiger partial charge in [0, 0.05) is 39.9 Å². The van der Waals surface area contributed by atoms with Gasteiger partial charge in [-0.25, -0.2) is 4.98 Å². The summed E-state index contributed by atoms with van der Waals surface area (Å²) >= 11 is 0. The Morgan fingerprint density at radius 2 is 1.87 bits per heavy atom. The Labute approximate surface area is 180 Å². The van der Waals surface area contributed by atoms with Crippen LogP contribution in [0, 0.1) is 0 Å². The summed E-state index contributed by atoms with van der Waals surface area (Å²) in [5, 5.41) is 22.2. The largest absolute Gasteiger partial charge is 0.485 e. The third kappa shape index (κ3) is 2.82. The first kappa shape index (κ1) is 18.9. The number of hydrogen-bond acceptors (Lipinski definition) is 4. The van der Waals surface area contributed by atoms with Gasteiger partial charge in [0.1, 0.15) is 17.0 Å². The van der Waals surface area contributed by atoms with Gasteiger partial charge >= 0.3 is 0 Å². The Balaban J connectivity index is 1.52. The zero-order valence-electron chi connectivity index (χ0n) is 17.5. The fourth-order valence-electron chi connectivity index (χ4n) is 5.16. The van der Waals surface area contributed by atoms with E-state index in [1.807, 2.05) is 12.1 Å². The van der Waals surface area contributed by atoms with Gasteiger partial charge in [-0.15, -0.1) is 0 Å². The van der Waals surface area contributed by atoms with Crippen LogP contribution < -0.4 is 4.74 Å². The topological polar surface area (TPSA) is 83.3 Å². The maximum Gasteiger partial charge on any atom is 0.137 e. The van der Waals surface area contributed by atoms with Gasteiger partial charge in [0.2, 0.25) is 0 Å². The predicted molar refractivity (Wildman–Crippen MR) is 120 cm³/mol. The number of aromatic nitrogens is 3. The van der Waals surface area contributed by atoms with E-state index in [4.69, 9.17) is 4.74 Å².